The Morgan fingerprint density at radius 3 is 2.35 bits per heavy atom. The van der Waals surface area contributed by atoms with Crippen LogP contribution in [0.3, 0.4) is 0 Å². The van der Waals surface area contributed by atoms with Gasteiger partial charge in [-0.3, -0.25) is 0 Å². The summed E-state index contributed by atoms with van der Waals surface area (Å²) in [7, 11) is -1.73. The predicted octanol–water partition coefficient (Wildman–Crippen LogP) is 6.42. The fourth-order valence-corrected chi connectivity index (χ4v) is 4.47. The zero-order chi connectivity index (χ0) is 19.2. The molecule has 1 fully saturated rings. The van der Waals surface area contributed by atoms with Crippen LogP contribution in [0.5, 0.6) is 0 Å². The third kappa shape index (κ3) is 6.07. The third-order valence-electron chi connectivity index (χ3n) is 6.29. The molecule has 1 aromatic rings. The van der Waals surface area contributed by atoms with E-state index in [1.165, 1.54) is 30.4 Å². The quantitative estimate of drug-likeness (QED) is 0.558. The third-order valence-corrected chi connectivity index (χ3v) is 10.8. The van der Waals surface area contributed by atoms with Crippen LogP contribution in [0.25, 0.3) is 5.57 Å². The van der Waals surface area contributed by atoms with Gasteiger partial charge < -0.3 is 9.53 Å². The first kappa shape index (κ1) is 21.4. The van der Waals surface area contributed by atoms with E-state index in [4.69, 9.17) is 4.43 Å². The highest BCUT2D eigenvalue weighted by Gasteiger charge is 2.36. The maximum absolute atomic E-state index is 10.8. The summed E-state index contributed by atoms with van der Waals surface area (Å²) < 4.78 is 6.39. The topological polar surface area (TPSA) is 29.5 Å². The molecule has 1 aliphatic rings. The van der Waals surface area contributed by atoms with Gasteiger partial charge in [0.15, 0.2) is 8.32 Å². The van der Waals surface area contributed by atoms with Crippen molar-refractivity contribution in [2.24, 2.45) is 5.92 Å². The zero-order valence-electron chi connectivity index (χ0n) is 17.4. The second-order valence-electron chi connectivity index (χ2n) is 9.31. The molecule has 3 heteroatoms. The first-order valence-electron chi connectivity index (χ1n) is 10.3. The van der Waals surface area contributed by atoms with Gasteiger partial charge in [0.25, 0.3) is 0 Å². The van der Waals surface area contributed by atoms with Gasteiger partial charge in [-0.1, -0.05) is 76.4 Å². The Morgan fingerprint density at radius 1 is 1.15 bits per heavy atom. The monoisotopic (exact) mass is 374 g/mol. The molecule has 26 heavy (non-hydrogen) atoms. The van der Waals surface area contributed by atoms with Crippen molar-refractivity contribution in [2.45, 2.75) is 83.5 Å². The maximum Gasteiger partial charge on any atom is 0.191 e. The largest absolute Gasteiger partial charge is 0.416 e. The Hall–Kier alpha value is -0.903. The van der Waals surface area contributed by atoms with E-state index >= 15 is 0 Å². The Balaban J connectivity index is 2.08. The van der Waals surface area contributed by atoms with Crippen molar-refractivity contribution >= 4 is 13.9 Å². The Labute approximate surface area is 161 Å². The van der Waals surface area contributed by atoms with E-state index < -0.39 is 8.32 Å². The average molecular weight is 375 g/mol. The lowest BCUT2D eigenvalue weighted by Crippen LogP contribution is -2.41. The SMILES string of the molecule is CC(C)(C)[Si](C)(C)OCC/C(=C\C(O)C1CCCCC1)c1ccccc1. The fraction of sp³-hybridized carbons (Fsp3) is 0.652. The summed E-state index contributed by atoms with van der Waals surface area (Å²) >= 11 is 0. The van der Waals surface area contributed by atoms with Crippen LogP contribution in [0.15, 0.2) is 36.4 Å². The van der Waals surface area contributed by atoms with Gasteiger partial charge in [-0.15, -0.1) is 0 Å². The summed E-state index contributed by atoms with van der Waals surface area (Å²) in [5.41, 5.74) is 2.43. The molecule has 0 radical (unpaired) electrons. The molecule has 1 saturated carbocycles. The van der Waals surface area contributed by atoms with Crippen molar-refractivity contribution in [3.05, 3.63) is 42.0 Å². The smallest absolute Gasteiger partial charge is 0.191 e. The van der Waals surface area contributed by atoms with E-state index in [0.29, 0.717) is 5.92 Å². The van der Waals surface area contributed by atoms with Gasteiger partial charge in [0, 0.05) is 6.61 Å². The lowest BCUT2D eigenvalue weighted by molar-refractivity contribution is 0.125. The van der Waals surface area contributed by atoms with Crippen LogP contribution >= 0.6 is 0 Å². The van der Waals surface area contributed by atoms with Crippen LogP contribution < -0.4 is 0 Å². The van der Waals surface area contributed by atoms with Crippen molar-refractivity contribution in [3.8, 4) is 0 Å². The highest BCUT2D eigenvalue weighted by atomic mass is 28.4. The molecule has 1 atom stereocenters. The Morgan fingerprint density at radius 2 is 1.77 bits per heavy atom. The Bertz CT molecular complexity index is 566. The molecule has 1 aliphatic carbocycles. The van der Waals surface area contributed by atoms with Gasteiger partial charge in [0.2, 0.25) is 0 Å². The first-order chi connectivity index (χ1) is 12.2. The molecule has 146 valence electrons. The van der Waals surface area contributed by atoms with Gasteiger partial charge in [-0.25, -0.2) is 0 Å². The van der Waals surface area contributed by atoms with Crippen LogP contribution in [0.4, 0.5) is 0 Å². The van der Waals surface area contributed by atoms with Crippen LogP contribution in [0, 0.1) is 5.92 Å². The highest BCUT2D eigenvalue weighted by molar-refractivity contribution is 6.74. The summed E-state index contributed by atoms with van der Waals surface area (Å²) in [5.74, 6) is 0.420. The van der Waals surface area contributed by atoms with Crippen molar-refractivity contribution in [3.63, 3.8) is 0 Å². The molecule has 0 heterocycles. The molecule has 0 bridgehead atoms. The van der Waals surface area contributed by atoms with E-state index in [2.05, 4.69) is 64.2 Å². The van der Waals surface area contributed by atoms with Gasteiger partial charge in [-0.05, 0) is 54.4 Å². The van der Waals surface area contributed by atoms with E-state index in [9.17, 15) is 5.11 Å². The molecule has 1 aromatic carbocycles. The molecular weight excluding hydrogens is 336 g/mol. The van der Waals surface area contributed by atoms with E-state index in [0.717, 1.165) is 25.9 Å². The zero-order valence-corrected chi connectivity index (χ0v) is 18.4. The normalized spacial score (nSPS) is 18.8. The number of aliphatic hydroxyl groups is 1. The fourth-order valence-electron chi connectivity index (χ4n) is 3.43. The molecule has 1 unspecified atom stereocenters. The van der Waals surface area contributed by atoms with Crippen LogP contribution in [-0.4, -0.2) is 26.1 Å². The maximum atomic E-state index is 10.8. The number of hydrogen-bond donors (Lipinski definition) is 1. The van der Waals surface area contributed by atoms with Crippen molar-refractivity contribution in [2.75, 3.05) is 6.61 Å². The number of rotatable bonds is 7. The Kier molecular flexibility index (Phi) is 7.69. The molecule has 2 nitrogen and oxygen atoms in total. The predicted molar refractivity (Wildman–Crippen MR) is 115 cm³/mol. The summed E-state index contributed by atoms with van der Waals surface area (Å²) in [5, 5.41) is 11.0. The summed E-state index contributed by atoms with van der Waals surface area (Å²) in [4.78, 5) is 0. The molecule has 0 spiro atoms. The molecular formula is C23H38O2Si. The van der Waals surface area contributed by atoms with Gasteiger partial charge in [0.1, 0.15) is 0 Å². The van der Waals surface area contributed by atoms with Gasteiger partial charge in [-0.2, -0.15) is 0 Å². The molecule has 0 aromatic heterocycles. The van der Waals surface area contributed by atoms with Crippen LogP contribution in [0.1, 0.15) is 64.9 Å². The molecule has 2 rings (SSSR count). The van der Waals surface area contributed by atoms with E-state index in [1.807, 2.05) is 6.07 Å². The summed E-state index contributed by atoms with van der Waals surface area (Å²) in [6.07, 6.45) is 8.77. The second kappa shape index (κ2) is 9.34. The number of hydrogen-bond acceptors (Lipinski definition) is 2. The minimum Gasteiger partial charge on any atom is -0.416 e. The van der Waals surface area contributed by atoms with Crippen molar-refractivity contribution in [1.29, 1.82) is 0 Å². The van der Waals surface area contributed by atoms with Gasteiger partial charge in [0.05, 0.1) is 6.10 Å². The van der Waals surface area contributed by atoms with E-state index in [-0.39, 0.29) is 11.1 Å². The molecule has 0 saturated heterocycles. The van der Waals surface area contributed by atoms with Crippen molar-refractivity contribution < 1.29 is 9.53 Å². The number of aliphatic hydroxyl groups excluding tert-OH is 1. The minimum atomic E-state index is -1.73. The number of benzene rings is 1. The van der Waals surface area contributed by atoms with Crippen LogP contribution in [-0.2, 0) is 4.43 Å². The van der Waals surface area contributed by atoms with Crippen molar-refractivity contribution in [1.82, 2.24) is 0 Å². The lowest BCUT2D eigenvalue weighted by atomic mass is 9.84. The van der Waals surface area contributed by atoms with Gasteiger partial charge >= 0.3 is 0 Å². The molecule has 0 aliphatic heterocycles. The molecule has 0 amide bonds. The minimum absolute atomic E-state index is 0.227. The average Bonchev–Trinajstić information content (AvgIpc) is 2.61. The van der Waals surface area contributed by atoms with Crippen LogP contribution in [0.2, 0.25) is 18.1 Å². The highest BCUT2D eigenvalue weighted by Crippen LogP contribution is 2.37. The first-order valence-corrected chi connectivity index (χ1v) is 13.2. The van der Waals surface area contributed by atoms with E-state index in [1.54, 1.807) is 0 Å². The summed E-state index contributed by atoms with van der Waals surface area (Å²) in [6, 6.07) is 10.5. The lowest BCUT2D eigenvalue weighted by Gasteiger charge is -2.36. The second-order valence-corrected chi connectivity index (χ2v) is 14.1. The standard InChI is InChI=1S/C23H38O2Si/c1-23(2,3)26(4,5)25-17-16-21(19-12-8-6-9-13-19)18-22(24)20-14-10-7-11-15-20/h6,8-9,12-13,18,20,22,24H,7,10-11,14-17H2,1-5H3/b21-18+. The summed E-state index contributed by atoms with van der Waals surface area (Å²) in [6.45, 7) is 12.2. The molecule has 1 N–H and O–H groups in total.